The second-order valence-electron chi connectivity index (χ2n) is 4.08. The quantitative estimate of drug-likeness (QED) is 0.548. The van der Waals surface area contributed by atoms with E-state index in [2.05, 4.69) is 27.0 Å². The Morgan fingerprint density at radius 2 is 1.77 bits per heavy atom. The number of unbranched alkanes of at least 4 members (excludes halogenated alkanes) is 1. The molecule has 13 heavy (non-hydrogen) atoms. The van der Waals surface area contributed by atoms with E-state index in [1.54, 1.807) is 0 Å². The van der Waals surface area contributed by atoms with Gasteiger partial charge in [0.05, 0.1) is 0 Å². The molecule has 0 rings (SSSR count). The molecular formula is C12H26S. The normalized spacial score (nSPS) is 15.7. The number of thioether (sulfide) groups is 1. The Morgan fingerprint density at radius 3 is 2.23 bits per heavy atom. The Morgan fingerprint density at radius 1 is 1.08 bits per heavy atom. The van der Waals surface area contributed by atoms with Crippen LogP contribution in [0.25, 0.3) is 0 Å². The predicted octanol–water partition coefficient (Wildman–Crippen LogP) is 4.73. The molecular weight excluding hydrogens is 176 g/mol. The summed E-state index contributed by atoms with van der Waals surface area (Å²) in [5, 5.41) is 0.855. The van der Waals surface area contributed by atoms with E-state index in [4.69, 9.17) is 0 Å². The predicted molar refractivity (Wildman–Crippen MR) is 65.5 cm³/mol. The fourth-order valence-electron chi connectivity index (χ4n) is 1.85. The monoisotopic (exact) mass is 202 g/mol. The van der Waals surface area contributed by atoms with Gasteiger partial charge in [-0.2, -0.15) is 11.8 Å². The van der Waals surface area contributed by atoms with Crippen molar-refractivity contribution < 1.29 is 0 Å². The Bertz CT molecular complexity index is 101. The van der Waals surface area contributed by atoms with Gasteiger partial charge in [0.1, 0.15) is 0 Å². The van der Waals surface area contributed by atoms with Crippen LogP contribution in [-0.2, 0) is 0 Å². The Kier molecular flexibility index (Phi) is 9.17. The Balaban J connectivity index is 3.65. The van der Waals surface area contributed by atoms with Gasteiger partial charge in [0.25, 0.3) is 0 Å². The van der Waals surface area contributed by atoms with Crippen molar-refractivity contribution in [1.82, 2.24) is 0 Å². The van der Waals surface area contributed by atoms with E-state index < -0.39 is 0 Å². The van der Waals surface area contributed by atoms with Crippen molar-refractivity contribution >= 4 is 11.8 Å². The van der Waals surface area contributed by atoms with Crippen LogP contribution < -0.4 is 0 Å². The zero-order valence-corrected chi connectivity index (χ0v) is 10.6. The van der Waals surface area contributed by atoms with Crippen molar-refractivity contribution in [2.45, 2.75) is 64.5 Å². The second-order valence-corrected chi connectivity index (χ2v) is 5.36. The lowest BCUT2D eigenvalue weighted by molar-refractivity contribution is 0.402. The molecule has 2 atom stereocenters. The largest absolute Gasteiger partial charge is 0.162 e. The lowest BCUT2D eigenvalue weighted by Crippen LogP contribution is -2.07. The van der Waals surface area contributed by atoms with Gasteiger partial charge in [0.2, 0.25) is 0 Å². The van der Waals surface area contributed by atoms with Gasteiger partial charge in [0, 0.05) is 5.25 Å². The van der Waals surface area contributed by atoms with Crippen molar-refractivity contribution in [3.05, 3.63) is 0 Å². The molecule has 0 radical (unpaired) electrons. The molecule has 0 N–H and O–H groups in total. The highest BCUT2D eigenvalue weighted by atomic mass is 32.2. The summed E-state index contributed by atoms with van der Waals surface area (Å²) >= 11 is 2.01. The molecule has 0 amide bonds. The van der Waals surface area contributed by atoms with E-state index >= 15 is 0 Å². The van der Waals surface area contributed by atoms with Crippen LogP contribution in [0.1, 0.15) is 59.3 Å². The number of rotatable bonds is 8. The first-order valence-corrected chi connectivity index (χ1v) is 7.06. The highest BCUT2D eigenvalue weighted by Gasteiger charge is 2.10. The van der Waals surface area contributed by atoms with Crippen LogP contribution in [0.2, 0.25) is 0 Å². The van der Waals surface area contributed by atoms with E-state index in [0.717, 1.165) is 11.2 Å². The molecule has 0 aromatic carbocycles. The van der Waals surface area contributed by atoms with Gasteiger partial charge >= 0.3 is 0 Å². The summed E-state index contributed by atoms with van der Waals surface area (Å²) in [5.74, 6) is 0.993. The van der Waals surface area contributed by atoms with Crippen LogP contribution in [0.15, 0.2) is 0 Å². The third kappa shape index (κ3) is 7.42. The molecule has 0 spiro atoms. The maximum atomic E-state index is 2.36. The van der Waals surface area contributed by atoms with Gasteiger partial charge in [-0.05, 0) is 18.6 Å². The molecule has 0 aliphatic rings. The van der Waals surface area contributed by atoms with E-state index in [9.17, 15) is 0 Å². The molecule has 0 heterocycles. The molecule has 0 bridgehead atoms. The van der Waals surface area contributed by atoms with Crippen molar-refractivity contribution in [3.8, 4) is 0 Å². The molecule has 0 fully saturated rings. The van der Waals surface area contributed by atoms with Crippen LogP contribution in [-0.4, -0.2) is 11.5 Å². The van der Waals surface area contributed by atoms with Gasteiger partial charge in [-0.3, -0.25) is 0 Å². The lowest BCUT2D eigenvalue weighted by atomic mass is 9.93. The van der Waals surface area contributed by atoms with Crippen LogP contribution in [0.4, 0.5) is 0 Å². The minimum absolute atomic E-state index is 0.855. The van der Waals surface area contributed by atoms with Crippen molar-refractivity contribution in [3.63, 3.8) is 0 Å². The van der Waals surface area contributed by atoms with Crippen molar-refractivity contribution in [1.29, 1.82) is 0 Å². The first kappa shape index (κ1) is 13.4. The lowest BCUT2D eigenvalue weighted by Gasteiger charge is -2.19. The first-order chi connectivity index (χ1) is 6.24. The van der Waals surface area contributed by atoms with Gasteiger partial charge in [0.15, 0.2) is 0 Å². The molecule has 80 valence electrons. The highest BCUT2D eigenvalue weighted by molar-refractivity contribution is 7.99. The molecule has 0 saturated heterocycles. The number of hydrogen-bond donors (Lipinski definition) is 0. The Hall–Kier alpha value is 0.350. The summed E-state index contributed by atoms with van der Waals surface area (Å²) in [6, 6.07) is 0. The van der Waals surface area contributed by atoms with Gasteiger partial charge in [-0.1, -0.05) is 52.9 Å². The smallest absolute Gasteiger partial charge is 0.00185 e. The van der Waals surface area contributed by atoms with Gasteiger partial charge in [-0.15, -0.1) is 0 Å². The average molecular weight is 202 g/mol. The summed E-state index contributed by atoms with van der Waals surface area (Å²) < 4.78 is 0. The molecule has 0 saturated carbocycles. The van der Waals surface area contributed by atoms with E-state index in [1.807, 2.05) is 11.8 Å². The highest BCUT2D eigenvalue weighted by Crippen LogP contribution is 2.24. The van der Waals surface area contributed by atoms with E-state index in [1.165, 1.54) is 38.5 Å². The Labute approximate surface area is 88.9 Å². The van der Waals surface area contributed by atoms with Gasteiger partial charge in [-0.25, -0.2) is 0 Å². The van der Waals surface area contributed by atoms with E-state index in [-0.39, 0.29) is 0 Å². The first-order valence-electron chi connectivity index (χ1n) is 5.77. The average Bonchev–Trinajstić information content (AvgIpc) is 2.14. The minimum Gasteiger partial charge on any atom is -0.162 e. The van der Waals surface area contributed by atoms with Gasteiger partial charge < -0.3 is 0 Å². The topological polar surface area (TPSA) is 0 Å². The van der Waals surface area contributed by atoms with Crippen LogP contribution >= 0.6 is 11.8 Å². The third-order valence-corrected chi connectivity index (χ3v) is 3.73. The van der Waals surface area contributed by atoms with Crippen LogP contribution in [0.3, 0.4) is 0 Å². The molecule has 0 aliphatic carbocycles. The maximum absolute atomic E-state index is 2.36. The summed E-state index contributed by atoms with van der Waals surface area (Å²) in [6.07, 6.45) is 10.7. The summed E-state index contributed by atoms with van der Waals surface area (Å²) in [5.41, 5.74) is 0. The third-order valence-electron chi connectivity index (χ3n) is 2.73. The molecule has 0 aromatic heterocycles. The molecule has 0 nitrogen and oxygen atoms in total. The zero-order valence-electron chi connectivity index (χ0n) is 9.81. The molecule has 1 heteroatoms. The van der Waals surface area contributed by atoms with Crippen molar-refractivity contribution in [2.24, 2.45) is 5.92 Å². The zero-order chi connectivity index (χ0) is 10.1. The number of hydrogen-bond acceptors (Lipinski definition) is 1. The summed E-state index contributed by atoms with van der Waals surface area (Å²) in [4.78, 5) is 0. The minimum atomic E-state index is 0.855. The summed E-state index contributed by atoms with van der Waals surface area (Å²) in [6.45, 7) is 6.96. The fraction of sp³-hybridized carbons (Fsp3) is 1.00. The van der Waals surface area contributed by atoms with Crippen LogP contribution in [0, 0.1) is 5.92 Å². The van der Waals surface area contributed by atoms with Crippen LogP contribution in [0.5, 0.6) is 0 Å². The summed E-state index contributed by atoms with van der Waals surface area (Å²) in [7, 11) is 0. The SMILES string of the molecule is CCCCC(CCC)CC(C)SC. The molecule has 2 unspecified atom stereocenters. The maximum Gasteiger partial charge on any atom is 0.00185 e. The second kappa shape index (κ2) is 8.93. The molecule has 0 aliphatic heterocycles. The van der Waals surface area contributed by atoms with Crippen molar-refractivity contribution in [2.75, 3.05) is 6.26 Å². The molecule has 0 aromatic rings. The fourth-order valence-corrected chi connectivity index (χ4v) is 2.31. The van der Waals surface area contributed by atoms with E-state index in [0.29, 0.717) is 0 Å². The standard InChI is InChI=1S/C12H26S/c1-5-7-9-12(8-6-2)10-11(3)13-4/h11-12H,5-10H2,1-4H3.